The van der Waals surface area contributed by atoms with Gasteiger partial charge in [0.05, 0.1) is 4.90 Å². The SMILES string of the molecule is CCOCOc1ccc(C=Cc2ccc(S(C)(=O)=O)cc2)cc1. The van der Waals surface area contributed by atoms with Crippen LogP contribution >= 0.6 is 0 Å². The van der Waals surface area contributed by atoms with E-state index in [1.165, 1.54) is 6.26 Å². The van der Waals surface area contributed by atoms with Crippen LogP contribution in [-0.4, -0.2) is 28.1 Å². The molecule has 0 aromatic heterocycles. The summed E-state index contributed by atoms with van der Waals surface area (Å²) in [6.07, 6.45) is 5.09. The topological polar surface area (TPSA) is 52.6 Å². The van der Waals surface area contributed by atoms with Gasteiger partial charge in [0.15, 0.2) is 16.6 Å². The number of hydrogen-bond donors (Lipinski definition) is 0. The predicted molar refractivity (Wildman–Crippen MR) is 92.0 cm³/mol. The highest BCUT2D eigenvalue weighted by Crippen LogP contribution is 2.16. The summed E-state index contributed by atoms with van der Waals surface area (Å²) < 4.78 is 33.4. The molecule has 5 heteroatoms. The number of hydrogen-bond acceptors (Lipinski definition) is 4. The first-order chi connectivity index (χ1) is 11.0. The van der Waals surface area contributed by atoms with E-state index < -0.39 is 9.84 Å². The first-order valence-electron chi connectivity index (χ1n) is 7.28. The molecule has 23 heavy (non-hydrogen) atoms. The van der Waals surface area contributed by atoms with E-state index in [1.807, 2.05) is 43.3 Å². The van der Waals surface area contributed by atoms with Crippen LogP contribution < -0.4 is 4.74 Å². The first-order valence-corrected chi connectivity index (χ1v) is 9.17. The van der Waals surface area contributed by atoms with Crippen molar-refractivity contribution >= 4 is 22.0 Å². The Hall–Kier alpha value is -2.11. The standard InChI is InChI=1S/C18H20O4S/c1-3-21-14-22-17-10-6-15(7-11-17)4-5-16-8-12-18(13-9-16)23(2,19)20/h4-13H,3,14H2,1-2H3. The van der Waals surface area contributed by atoms with E-state index in [1.54, 1.807) is 24.3 Å². The maximum Gasteiger partial charge on any atom is 0.189 e. The molecule has 4 nitrogen and oxygen atoms in total. The summed E-state index contributed by atoms with van der Waals surface area (Å²) in [6, 6.07) is 14.4. The van der Waals surface area contributed by atoms with Crippen molar-refractivity contribution in [3.05, 3.63) is 59.7 Å². The Balaban J connectivity index is 1.99. The van der Waals surface area contributed by atoms with Crippen molar-refractivity contribution < 1.29 is 17.9 Å². The Kier molecular flexibility index (Phi) is 5.96. The van der Waals surface area contributed by atoms with Crippen molar-refractivity contribution in [1.82, 2.24) is 0 Å². The largest absolute Gasteiger partial charge is 0.468 e. The lowest BCUT2D eigenvalue weighted by Gasteiger charge is -2.05. The molecule has 0 spiro atoms. The smallest absolute Gasteiger partial charge is 0.189 e. The van der Waals surface area contributed by atoms with Crippen LogP contribution in [0.4, 0.5) is 0 Å². The van der Waals surface area contributed by atoms with Crippen LogP contribution in [0.25, 0.3) is 12.2 Å². The molecule has 2 aromatic rings. The summed E-state index contributed by atoms with van der Waals surface area (Å²) in [6.45, 7) is 2.79. The molecule has 0 unspecified atom stereocenters. The summed E-state index contributed by atoms with van der Waals surface area (Å²) in [5.74, 6) is 0.758. The molecule has 2 aromatic carbocycles. The quantitative estimate of drug-likeness (QED) is 0.441. The maximum absolute atomic E-state index is 11.4. The monoisotopic (exact) mass is 332 g/mol. The van der Waals surface area contributed by atoms with Crippen LogP contribution in [0, 0.1) is 0 Å². The third-order valence-corrected chi connectivity index (χ3v) is 4.30. The van der Waals surface area contributed by atoms with Crippen molar-refractivity contribution in [2.75, 3.05) is 19.7 Å². The van der Waals surface area contributed by atoms with E-state index in [-0.39, 0.29) is 6.79 Å². The number of sulfone groups is 1. The Morgan fingerprint density at radius 2 is 1.43 bits per heavy atom. The van der Waals surface area contributed by atoms with Crippen molar-refractivity contribution in [3.63, 3.8) is 0 Å². The van der Waals surface area contributed by atoms with Crippen molar-refractivity contribution in [3.8, 4) is 5.75 Å². The summed E-state index contributed by atoms with van der Waals surface area (Å²) in [5.41, 5.74) is 1.97. The molecule has 2 rings (SSSR count). The first kappa shape index (κ1) is 17.2. The van der Waals surface area contributed by atoms with Gasteiger partial charge in [-0.1, -0.05) is 36.4 Å². The van der Waals surface area contributed by atoms with E-state index in [0.29, 0.717) is 11.5 Å². The van der Waals surface area contributed by atoms with E-state index in [9.17, 15) is 8.42 Å². The molecule has 0 aliphatic carbocycles. The highest BCUT2D eigenvalue weighted by Gasteiger charge is 2.04. The lowest BCUT2D eigenvalue weighted by molar-refractivity contribution is 0.0224. The molecule has 0 amide bonds. The molecular weight excluding hydrogens is 312 g/mol. The Labute approximate surface area is 137 Å². The lowest BCUT2D eigenvalue weighted by Crippen LogP contribution is -2.01. The molecule has 0 aliphatic heterocycles. The molecule has 0 saturated heterocycles. The van der Waals surface area contributed by atoms with Gasteiger partial charge in [-0.15, -0.1) is 0 Å². The number of rotatable bonds is 7. The zero-order valence-corrected chi connectivity index (χ0v) is 14.0. The van der Waals surface area contributed by atoms with Gasteiger partial charge in [-0.2, -0.15) is 0 Å². The van der Waals surface area contributed by atoms with Gasteiger partial charge in [0, 0.05) is 12.9 Å². The second-order valence-corrected chi connectivity index (χ2v) is 7.01. The van der Waals surface area contributed by atoms with E-state index in [4.69, 9.17) is 9.47 Å². The molecule has 0 saturated carbocycles. The number of benzene rings is 2. The molecule has 0 atom stereocenters. The van der Waals surface area contributed by atoms with Gasteiger partial charge in [0.25, 0.3) is 0 Å². The third-order valence-electron chi connectivity index (χ3n) is 3.17. The van der Waals surface area contributed by atoms with Crippen LogP contribution in [0.15, 0.2) is 53.4 Å². The average molecular weight is 332 g/mol. The summed E-state index contributed by atoms with van der Waals surface area (Å²) in [7, 11) is -3.15. The van der Waals surface area contributed by atoms with Crippen LogP contribution in [0.3, 0.4) is 0 Å². The minimum Gasteiger partial charge on any atom is -0.468 e. The highest BCUT2D eigenvalue weighted by atomic mass is 32.2. The Morgan fingerprint density at radius 3 is 1.91 bits per heavy atom. The molecule has 0 N–H and O–H groups in total. The second kappa shape index (κ2) is 7.94. The van der Waals surface area contributed by atoms with Gasteiger partial charge < -0.3 is 9.47 Å². The van der Waals surface area contributed by atoms with Crippen molar-refractivity contribution in [2.24, 2.45) is 0 Å². The van der Waals surface area contributed by atoms with Gasteiger partial charge in [0.2, 0.25) is 0 Å². The van der Waals surface area contributed by atoms with Gasteiger partial charge in [-0.3, -0.25) is 0 Å². The molecule has 0 bridgehead atoms. The van der Waals surface area contributed by atoms with Gasteiger partial charge >= 0.3 is 0 Å². The normalized spacial score (nSPS) is 11.7. The van der Waals surface area contributed by atoms with Crippen LogP contribution in [-0.2, 0) is 14.6 Å². The minimum atomic E-state index is -3.15. The molecule has 0 aliphatic rings. The molecule has 0 heterocycles. The fourth-order valence-corrected chi connectivity index (χ4v) is 2.52. The minimum absolute atomic E-state index is 0.248. The van der Waals surface area contributed by atoms with E-state index in [2.05, 4.69) is 0 Å². The van der Waals surface area contributed by atoms with Crippen LogP contribution in [0.5, 0.6) is 5.75 Å². The van der Waals surface area contributed by atoms with Crippen molar-refractivity contribution in [1.29, 1.82) is 0 Å². The Bertz CT molecular complexity index is 745. The maximum atomic E-state index is 11.4. The fourth-order valence-electron chi connectivity index (χ4n) is 1.89. The lowest BCUT2D eigenvalue weighted by atomic mass is 10.1. The third kappa shape index (κ3) is 5.54. The number of ether oxygens (including phenoxy) is 2. The summed E-state index contributed by atoms with van der Waals surface area (Å²) >= 11 is 0. The molecule has 0 fully saturated rings. The second-order valence-electron chi connectivity index (χ2n) is 5.00. The predicted octanol–water partition coefficient (Wildman–Crippen LogP) is 3.63. The highest BCUT2D eigenvalue weighted by molar-refractivity contribution is 7.90. The Morgan fingerprint density at radius 1 is 0.913 bits per heavy atom. The van der Waals surface area contributed by atoms with Crippen molar-refractivity contribution in [2.45, 2.75) is 11.8 Å². The summed E-state index contributed by atoms with van der Waals surface area (Å²) in [5, 5.41) is 0. The molecule has 0 radical (unpaired) electrons. The van der Waals surface area contributed by atoms with Crippen LogP contribution in [0.2, 0.25) is 0 Å². The van der Waals surface area contributed by atoms with E-state index in [0.717, 1.165) is 16.9 Å². The van der Waals surface area contributed by atoms with Gasteiger partial charge in [-0.25, -0.2) is 8.42 Å². The summed E-state index contributed by atoms with van der Waals surface area (Å²) in [4.78, 5) is 0.324. The average Bonchev–Trinajstić information content (AvgIpc) is 2.54. The van der Waals surface area contributed by atoms with Crippen LogP contribution in [0.1, 0.15) is 18.1 Å². The molecular formula is C18H20O4S. The molecule has 122 valence electrons. The fraction of sp³-hybridized carbons (Fsp3) is 0.222. The van der Waals surface area contributed by atoms with E-state index >= 15 is 0 Å². The zero-order valence-electron chi connectivity index (χ0n) is 13.2. The van der Waals surface area contributed by atoms with Gasteiger partial charge in [-0.05, 0) is 42.3 Å². The zero-order chi connectivity index (χ0) is 16.7. The van der Waals surface area contributed by atoms with Gasteiger partial charge in [0.1, 0.15) is 5.75 Å².